The van der Waals surface area contributed by atoms with E-state index in [1.165, 1.54) is 0 Å². The Kier molecular flexibility index (Phi) is 6.41. The summed E-state index contributed by atoms with van der Waals surface area (Å²) in [5.41, 5.74) is 3.33. The number of hydrogen-bond acceptors (Lipinski definition) is 3. The predicted octanol–water partition coefficient (Wildman–Crippen LogP) is 2.89. The van der Waals surface area contributed by atoms with Crippen molar-refractivity contribution in [2.75, 3.05) is 13.7 Å². The van der Waals surface area contributed by atoms with E-state index in [9.17, 15) is 4.79 Å². The molecule has 1 aromatic heterocycles. The molecule has 1 amide bonds. The number of methoxy groups -OCH3 is 1. The van der Waals surface area contributed by atoms with E-state index in [0.717, 1.165) is 35.7 Å². The van der Waals surface area contributed by atoms with E-state index in [1.807, 2.05) is 35.9 Å². The highest BCUT2D eigenvalue weighted by atomic mass is 16.5. The molecule has 0 unspecified atom stereocenters. The van der Waals surface area contributed by atoms with Crippen molar-refractivity contribution in [2.45, 2.75) is 40.2 Å². The van der Waals surface area contributed by atoms with Crippen molar-refractivity contribution in [3.63, 3.8) is 0 Å². The van der Waals surface area contributed by atoms with Crippen molar-refractivity contribution < 1.29 is 9.53 Å². The van der Waals surface area contributed by atoms with E-state index in [2.05, 4.69) is 30.3 Å². The van der Waals surface area contributed by atoms with Crippen molar-refractivity contribution >= 4 is 5.91 Å². The van der Waals surface area contributed by atoms with Crippen LogP contribution in [0.3, 0.4) is 0 Å². The van der Waals surface area contributed by atoms with E-state index in [0.29, 0.717) is 18.9 Å². The number of carbonyl (C=O) groups excluding carboxylic acids is 1. The summed E-state index contributed by atoms with van der Waals surface area (Å²) in [7, 11) is 1.65. The number of ether oxygens (including phenoxy) is 1. The van der Waals surface area contributed by atoms with Crippen LogP contribution in [-0.4, -0.2) is 29.3 Å². The van der Waals surface area contributed by atoms with E-state index in [1.54, 1.807) is 7.11 Å². The van der Waals surface area contributed by atoms with Gasteiger partial charge in [-0.2, -0.15) is 5.10 Å². The average molecular weight is 329 g/mol. The largest absolute Gasteiger partial charge is 0.497 e. The predicted molar refractivity (Wildman–Crippen MR) is 95.2 cm³/mol. The van der Waals surface area contributed by atoms with E-state index in [-0.39, 0.29) is 5.91 Å². The summed E-state index contributed by atoms with van der Waals surface area (Å²) in [6, 6.07) is 9.91. The van der Waals surface area contributed by atoms with Crippen LogP contribution in [0.4, 0.5) is 0 Å². The maximum absolute atomic E-state index is 12.0. The molecule has 130 valence electrons. The monoisotopic (exact) mass is 329 g/mol. The molecule has 1 aromatic carbocycles. The number of rotatable bonds is 8. The number of aryl methyl sites for hydroxylation is 3. The summed E-state index contributed by atoms with van der Waals surface area (Å²) in [6.45, 7) is 7.66. The number of nitrogens with one attached hydrogen (secondary N) is 1. The molecule has 1 N–H and O–H groups in total. The Balaban J connectivity index is 1.71. The van der Waals surface area contributed by atoms with Gasteiger partial charge in [-0.05, 0) is 49.9 Å². The lowest BCUT2D eigenvalue weighted by Crippen LogP contribution is -2.30. The van der Waals surface area contributed by atoms with Crippen molar-refractivity contribution in [1.29, 1.82) is 0 Å². The van der Waals surface area contributed by atoms with Crippen LogP contribution >= 0.6 is 0 Å². The summed E-state index contributed by atoms with van der Waals surface area (Å²) in [6.07, 6.45) is 1.24. The third-order valence-corrected chi connectivity index (χ3v) is 4.04. The van der Waals surface area contributed by atoms with Crippen LogP contribution in [-0.2, 0) is 17.8 Å². The second kappa shape index (κ2) is 8.52. The number of carbonyl (C=O) groups is 1. The first-order chi connectivity index (χ1) is 11.5. The van der Waals surface area contributed by atoms with Crippen LogP contribution in [0.2, 0.25) is 0 Å². The highest BCUT2D eigenvalue weighted by Crippen LogP contribution is 2.12. The van der Waals surface area contributed by atoms with Crippen molar-refractivity contribution in [2.24, 2.45) is 5.92 Å². The quantitative estimate of drug-likeness (QED) is 0.810. The number of hydrogen-bond donors (Lipinski definition) is 1. The first-order valence-electron chi connectivity index (χ1n) is 8.38. The molecule has 0 spiro atoms. The van der Waals surface area contributed by atoms with Gasteiger partial charge in [0.2, 0.25) is 5.91 Å². The zero-order valence-corrected chi connectivity index (χ0v) is 15.0. The summed E-state index contributed by atoms with van der Waals surface area (Å²) >= 11 is 0. The van der Waals surface area contributed by atoms with Gasteiger partial charge in [0, 0.05) is 25.2 Å². The highest BCUT2D eigenvalue weighted by molar-refractivity contribution is 5.76. The fourth-order valence-electron chi connectivity index (χ4n) is 2.65. The Morgan fingerprint density at radius 1 is 1.29 bits per heavy atom. The standard InChI is InChI=1S/C19H27N3O2/c1-14(13-22-16(3)11-15(2)21-22)12-20-19(23)10-7-17-5-8-18(24-4)9-6-17/h5-6,8-9,11,14H,7,10,12-13H2,1-4H3,(H,20,23)/t14-/m0/s1. The maximum atomic E-state index is 12.0. The molecular weight excluding hydrogens is 302 g/mol. The van der Waals surface area contributed by atoms with Crippen LogP contribution in [0, 0.1) is 19.8 Å². The first kappa shape index (κ1) is 18.0. The van der Waals surface area contributed by atoms with Crippen LogP contribution in [0.1, 0.15) is 30.3 Å². The smallest absolute Gasteiger partial charge is 0.220 e. The number of benzene rings is 1. The van der Waals surface area contributed by atoms with Gasteiger partial charge < -0.3 is 10.1 Å². The number of amides is 1. The van der Waals surface area contributed by atoms with E-state index >= 15 is 0 Å². The van der Waals surface area contributed by atoms with Gasteiger partial charge in [0.25, 0.3) is 0 Å². The van der Waals surface area contributed by atoms with Crippen LogP contribution in [0.5, 0.6) is 5.75 Å². The lowest BCUT2D eigenvalue weighted by atomic mass is 10.1. The number of aromatic nitrogens is 2. The Morgan fingerprint density at radius 3 is 2.58 bits per heavy atom. The van der Waals surface area contributed by atoms with Crippen molar-refractivity contribution in [1.82, 2.24) is 15.1 Å². The molecule has 5 nitrogen and oxygen atoms in total. The second-order valence-corrected chi connectivity index (χ2v) is 6.37. The third-order valence-electron chi connectivity index (χ3n) is 4.04. The Hall–Kier alpha value is -2.30. The average Bonchev–Trinajstić information content (AvgIpc) is 2.88. The van der Waals surface area contributed by atoms with Crippen LogP contribution < -0.4 is 10.1 Å². The molecule has 0 radical (unpaired) electrons. The van der Waals surface area contributed by atoms with Gasteiger partial charge >= 0.3 is 0 Å². The van der Waals surface area contributed by atoms with Gasteiger partial charge in [0.15, 0.2) is 0 Å². The fraction of sp³-hybridized carbons (Fsp3) is 0.474. The van der Waals surface area contributed by atoms with Gasteiger partial charge in [-0.15, -0.1) is 0 Å². The Bertz CT molecular complexity index is 662. The second-order valence-electron chi connectivity index (χ2n) is 6.37. The topological polar surface area (TPSA) is 56.1 Å². The molecule has 0 aliphatic rings. The summed E-state index contributed by atoms with van der Waals surface area (Å²) in [4.78, 5) is 12.0. The molecule has 0 aliphatic heterocycles. The molecule has 0 bridgehead atoms. The lowest BCUT2D eigenvalue weighted by molar-refractivity contribution is -0.121. The molecule has 0 saturated heterocycles. The van der Waals surface area contributed by atoms with Gasteiger partial charge in [0.05, 0.1) is 12.8 Å². The SMILES string of the molecule is COc1ccc(CCC(=O)NC[C@H](C)Cn2nc(C)cc2C)cc1. The van der Waals surface area contributed by atoms with Crippen LogP contribution in [0.15, 0.2) is 30.3 Å². The van der Waals surface area contributed by atoms with Crippen molar-refractivity contribution in [3.8, 4) is 5.75 Å². The van der Waals surface area contributed by atoms with E-state index < -0.39 is 0 Å². The third kappa shape index (κ3) is 5.41. The number of nitrogens with zero attached hydrogens (tertiary/aromatic N) is 2. The van der Waals surface area contributed by atoms with Gasteiger partial charge in [-0.1, -0.05) is 19.1 Å². The molecule has 0 aliphatic carbocycles. The van der Waals surface area contributed by atoms with Gasteiger partial charge in [-0.3, -0.25) is 9.48 Å². The maximum Gasteiger partial charge on any atom is 0.220 e. The van der Waals surface area contributed by atoms with Crippen LogP contribution in [0.25, 0.3) is 0 Å². The molecular formula is C19H27N3O2. The molecule has 2 rings (SSSR count). The summed E-state index contributed by atoms with van der Waals surface area (Å²) in [5.74, 6) is 1.26. The van der Waals surface area contributed by atoms with Gasteiger partial charge in [0.1, 0.15) is 5.75 Å². The van der Waals surface area contributed by atoms with Gasteiger partial charge in [-0.25, -0.2) is 0 Å². The lowest BCUT2D eigenvalue weighted by Gasteiger charge is -2.14. The first-order valence-corrected chi connectivity index (χ1v) is 8.38. The fourth-order valence-corrected chi connectivity index (χ4v) is 2.65. The Labute approximate surface area is 144 Å². The molecule has 0 fully saturated rings. The minimum absolute atomic E-state index is 0.0889. The zero-order valence-electron chi connectivity index (χ0n) is 15.0. The highest BCUT2D eigenvalue weighted by Gasteiger charge is 2.09. The molecule has 5 heteroatoms. The van der Waals surface area contributed by atoms with E-state index in [4.69, 9.17) is 4.74 Å². The molecule has 1 atom stereocenters. The van der Waals surface area contributed by atoms with Crippen molar-refractivity contribution in [3.05, 3.63) is 47.3 Å². The molecule has 1 heterocycles. The summed E-state index contributed by atoms with van der Waals surface area (Å²) < 4.78 is 7.14. The molecule has 0 saturated carbocycles. The normalized spacial score (nSPS) is 12.0. The minimum Gasteiger partial charge on any atom is -0.497 e. The summed E-state index contributed by atoms with van der Waals surface area (Å²) in [5, 5.41) is 7.48. The molecule has 24 heavy (non-hydrogen) atoms. The zero-order chi connectivity index (χ0) is 17.5. The Morgan fingerprint density at radius 2 is 2.00 bits per heavy atom. The molecule has 2 aromatic rings. The minimum atomic E-state index is 0.0889.